The number of benzene rings is 2. The average molecular weight is 537 g/mol. The Morgan fingerprint density at radius 2 is 1.84 bits per heavy atom. The van der Waals surface area contributed by atoms with E-state index in [1.54, 1.807) is 36.7 Å². The van der Waals surface area contributed by atoms with Crippen LogP contribution in [0.25, 0.3) is 5.76 Å². The number of methoxy groups -OCH3 is 2. The standard InChI is InChI=1S/C29H29ClN2O6/c1-17(2)16-38-20-9-5-8-19(11-20)26-25(27(33)21-12-22(30)24(37-4)13-23(21)36-3)28(34)29(35)32(26)15-18-7-6-10-31-14-18/h5-14,17,26,33H,15-16H2,1-4H3/b27-25+. The maximum Gasteiger partial charge on any atom is 0.295 e. The second-order valence-electron chi connectivity index (χ2n) is 9.25. The Bertz CT molecular complexity index is 1370. The van der Waals surface area contributed by atoms with Crippen molar-refractivity contribution in [3.05, 3.63) is 88.2 Å². The number of carbonyl (C=O) groups excluding carboxylic acids is 2. The first-order valence-electron chi connectivity index (χ1n) is 12.1. The smallest absolute Gasteiger partial charge is 0.295 e. The summed E-state index contributed by atoms with van der Waals surface area (Å²) < 4.78 is 16.6. The van der Waals surface area contributed by atoms with Gasteiger partial charge in [0.25, 0.3) is 11.7 Å². The van der Waals surface area contributed by atoms with Gasteiger partial charge in [0, 0.05) is 25.0 Å². The zero-order chi connectivity index (χ0) is 27.4. The van der Waals surface area contributed by atoms with E-state index in [1.165, 1.54) is 31.3 Å². The summed E-state index contributed by atoms with van der Waals surface area (Å²) in [5, 5.41) is 11.7. The summed E-state index contributed by atoms with van der Waals surface area (Å²) in [5.41, 5.74) is 1.42. The lowest BCUT2D eigenvalue weighted by Gasteiger charge is -2.26. The summed E-state index contributed by atoms with van der Waals surface area (Å²) >= 11 is 6.34. The van der Waals surface area contributed by atoms with Crippen LogP contribution in [-0.2, 0) is 16.1 Å². The lowest BCUT2D eigenvalue weighted by atomic mass is 9.94. The average Bonchev–Trinajstić information content (AvgIpc) is 3.17. The number of ketones is 1. The predicted octanol–water partition coefficient (Wildman–Crippen LogP) is 5.41. The first kappa shape index (κ1) is 27.0. The van der Waals surface area contributed by atoms with Gasteiger partial charge in [0.1, 0.15) is 23.0 Å². The van der Waals surface area contributed by atoms with E-state index in [-0.39, 0.29) is 28.5 Å². The number of hydrogen-bond donors (Lipinski definition) is 1. The van der Waals surface area contributed by atoms with Crippen LogP contribution in [0.15, 0.2) is 66.5 Å². The zero-order valence-corrected chi connectivity index (χ0v) is 22.4. The van der Waals surface area contributed by atoms with E-state index >= 15 is 0 Å². The van der Waals surface area contributed by atoms with Crippen LogP contribution in [0, 0.1) is 5.92 Å². The van der Waals surface area contributed by atoms with E-state index < -0.39 is 23.5 Å². The number of pyridine rings is 1. The fraction of sp³-hybridized carbons (Fsp3) is 0.276. The molecule has 198 valence electrons. The molecule has 3 aromatic rings. The molecule has 1 aromatic heterocycles. The molecule has 1 saturated heterocycles. The Balaban J connectivity index is 1.89. The number of rotatable bonds is 9. The quantitative estimate of drug-likeness (QED) is 0.222. The maximum atomic E-state index is 13.5. The van der Waals surface area contributed by atoms with Gasteiger partial charge in [-0.25, -0.2) is 0 Å². The van der Waals surface area contributed by atoms with E-state index in [1.807, 2.05) is 26.0 Å². The van der Waals surface area contributed by atoms with Crippen molar-refractivity contribution in [2.45, 2.75) is 26.4 Å². The van der Waals surface area contributed by atoms with Gasteiger partial charge in [-0.1, -0.05) is 43.6 Å². The lowest BCUT2D eigenvalue weighted by molar-refractivity contribution is -0.140. The number of likely N-dealkylation sites (tertiary alicyclic amines) is 1. The SMILES string of the molecule is COc1cc(OC)c(/C(O)=C2\C(=O)C(=O)N(Cc3cccnc3)C2c2cccc(OCC(C)C)c2)cc1Cl. The third-order valence-electron chi connectivity index (χ3n) is 6.10. The van der Waals surface area contributed by atoms with Crippen molar-refractivity contribution in [1.29, 1.82) is 0 Å². The highest BCUT2D eigenvalue weighted by Gasteiger charge is 2.46. The van der Waals surface area contributed by atoms with Crippen molar-refractivity contribution in [3.63, 3.8) is 0 Å². The molecular weight excluding hydrogens is 508 g/mol. The molecule has 1 aliphatic rings. The highest BCUT2D eigenvalue weighted by molar-refractivity contribution is 6.46. The monoisotopic (exact) mass is 536 g/mol. The van der Waals surface area contributed by atoms with E-state index in [9.17, 15) is 14.7 Å². The zero-order valence-electron chi connectivity index (χ0n) is 21.6. The Morgan fingerprint density at radius 3 is 2.50 bits per heavy atom. The topological polar surface area (TPSA) is 98.2 Å². The molecule has 1 atom stereocenters. The number of amides is 1. The molecule has 0 bridgehead atoms. The molecule has 0 saturated carbocycles. The summed E-state index contributed by atoms with van der Waals surface area (Å²) in [7, 11) is 2.88. The second-order valence-corrected chi connectivity index (χ2v) is 9.66. The fourth-order valence-electron chi connectivity index (χ4n) is 4.31. The van der Waals surface area contributed by atoms with Gasteiger partial charge in [0.05, 0.1) is 43.0 Å². The van der Waals surface area contributed by atoms with Crippen molar-refractivity contribution in [1.82, 2.24) is 9.88 Å². The Morgan fingerprint density at radius 1 is 1.08 bits per heavy atom. The Labute approximate surface area is 226 Å². The number of halogens is 1. The van der Waals surface area contributed by atoms with Crippen LogP contribution in [0.3, 0.4) is 0 Å². The van der Waals surface area contributed by atoms with Crippen molar-refractivity contribution in [2.75, 3.05) is 20.8 Å². The largest absolute Gasteiger partial charge is 0.507 e. The lowest BCUT2D eigenvalue weighted by Crippen LogP contribution is -2.29. The van der Waals surface area contributed by atoms with E-state index in [2.05, 4.69) is 4.98 Å². The third-order valence-corrected chi connectivity index (χ3v) is 6.40. The molecule has 1 amide bonds. The van der Waals surface area contributed by atoms with Crippen LogP contribution in [0.1, 0.15) is 36.6 Å². The van der Waals surface area contributed by atoms with Gasteiger partial charge in [-0.3, -0.25) is 14.6 Å². The molecule has 8 nitrogen and oxygen atoms in total. The molecule has 4 rings (SSSR count). The molecule has 9 heteroatoms. The number of Topliss-reactive ketones (excluding diaryl/α,β-unsaturated/α-hetero) is 1. The van der Waals surface area contributed by atoms with Crippen molar-refractivity contribution < 1.29 is 28.9 Å². The maximum absolute atomic E-state index is 13.5. The number of nitrogens with zero attached hydrogens (tertiary/aromatic N) is 2. The minimum atomic E-state index is -0.900. The van der Waals surface area contributed by atoms with Gasteiger partial charge in [0.2, 0.25) is 0 Å². The normalized spacial score (nSPS) is 16.7. The number of carbonyl (C=O) groups is 2. The summed E-state index contributed by atoms with van der Waals surface area (Å²) in [6, 6.07) is 12.8. The molecule has 0 aliphatic carbocycles. The van der Waals surface area contributed by atoms with Crippen LogP contribution in [0.4, 0.5) is 0 Å². The number of aliphatic hydroxyl groups excluding tert-OH is 1. The Kier molecular flexibility index (Phi) is 8.22. The minimum Gasteiger partial charge on any atom is -0.507 e. The van der Waals surface area contributed by atoms with Gasteiger partial charge >= 0.3 is 0 Å². The van der Waals surface area contributed by atoms with Gasteiger partial charge in [0.15, 0.2) is 0 Å². The summed E-state index contributed by atoms with van der Waals surface area (Å²) in [6.45, 7) is 4.69. The van der Waals surface area contributed by atoms with E-state index in [4.69, 9.17) is 25.8 Å². The number of hydrogen-bond acceptors (Lipinski definition) is 7. The molecule has 1 fully saturated rings. The first-order valence-corrected chi connectivity index (χ1v) is 12.4. The van der Waals surface area contributed by atoms with Gasteiger partial charge in [-0.2, -0.15) is 0 Å². The minimum absolute atomic E-state index is 0.0839. The van der Waals surface area contributed by atoms with E-state index in [0.29, 0.717) is 29.6 Å². The summed E-state index contributed by atoms with van der Waals surface area (Å²) in [6.07, 6.45) is 3.26. The van der Waals surface area contributed by atoms with Gasteiger partial charge < -0.3 is 24.2 Å². The molecule has 0 radical (unpaired) electrons. The van der Waals surface area contributed by atoms with Crippen LogP contribution in [-0.4, -0.2) is 47.5 Å². The van der Waals surface area contributed by atoms with Crippen molar-refractivity contribution in [2.24, 2.45) is 5.92 Å². The molecule has 38 heavy (non-hydrogen) atoms. The predicted molar refractivity (Wildman–Crippen MR) is 143 cm³/mol. The number of aliphatic hydroxyl groups is 1. The molecular formula is C29H29ClN2O6. The highest BCUT2D eigenvalue weighted by atomic mass is 35.5. The molecule has 1 aliphatic heterocycles. The highest BCUT2D eigenvalue weighted by Crippen LogP contribution is 2.44. The Hall–Kier alpha value is -4.04. The molecule has 0 spiro atoms. The first-order chi connectivity index (χ1) is 18.2. The van der Waals surface area contributed by atoms with Crippen LogP contribution in [0.2, 0.25) is 5.02 Å². The summed E-state index contributed by atoms with van der Waals surface area (Å²) in [4.78, 5) is 32.4. The number of ether oxygens (including phenoxy) is 3. The molecule has 2 heterocycles. The van der Waals surface area contributed by atoms with Crippen LogP contribution >= 0.6 is 11.6 Å². The van der Waals surface area contributed by atoms with Crippen molar-refractivity contribution in [3.8, 4) is 17.2 Å². The van der Waals surface area contributed by atoms with Crippen molar-refractivity contribution >= 4 is 29.1 Å². The molecule has 1 N–H and O–H groups in total. The van der Waals surface area contributed by atoms with Gasteiger partial charge in [-0.05, 0) is 41.3 Å². The second kappa shape index (κ2) is 11.6. The van der Waals surface area contributed by atoms with Crippen LogP contribution < -0.4 is 14.2 Å². The number of aromatic nitrogens is 1. The van der Waals surface area contributed by atoms with Gasteiger partial charge in [-0.15, -0.1) is 0 Å². The van der Waals surface area contributed by atoms with Crippen LogP contribution in [0.5, 0.6) is 17.2 Å². The fourth-order valence-corrected chi connectivity index (χ4v) is 4.55. The molecule has 1 unspecified atom stereocenters. The van der Waals surface area contributed by atoms with E-state index in [0.717, 1.165) is 5.56 Å². The summed E-state index contributed by atoms with van der Waals surface area (Å²) in [5.74, 6) is -0.502. The molecule has 2 aromatic carbocycles. The third kappa shape index (κ3) is 5.45.